The molecule has 1 fully saturated rings. The molecule has 0 aliphatic carbocycles. The van der Waals surface area contributed by atoms with Gasteiger partial charge in [0.05, 0.1) is 6.10 Å². The first-order valence-corrected chi connectivity index (χ1v) is 8.72. The summed E-state index contributed by atoms with van der Waals surface area (Å²) in [7, 11) is 1.66. The van der Waals surface area contributed by atoms with Gasteiger partial charge in [0.15, 0.2) is 5.78 Å². The molecule has 1 heterocycles. The molecule has 0 spiro atoms. The molecule has 26 heavy (non-hydrogen) atoms. The Kier molecular flexibility index (Phi) is 5.47. The molecule has 3 rings (SSSR count). The average Bonchev–Trinajstić information content (AvgIpc) is 2.67. The molecule has 5 heteroatoms. The van der Waals surface area contributed by atoms with Crippen molar-refractivity contribution < 1.29 is 18.7 Å². The standard InChI is InChI=1S/C21H22FNO3/c1-14(24)19-9-8-17(22)12-20(19)15-5-3-6-16(11-15)21(25)23-10-4-7-18(13-23)26-2/h3,5-6,8-9,11-12,18H,4,7,10,13H2,1-2H3/t18-/m1/s1. The molecule has 2 aromatic carbocycles. The van der Waals surface area contributed by atoms with Crippen LogP contribution >= 0.6 is 0 Å². The van der Waals surface area contributed by atoms with Gasteiger partial charge in [-0.15, -0.1) is 0 Å². The van der Waals surface area contributed by atoms with Crippen LogP contribution in [0.1, 0.15) is 40.5 Å². The van der Waals surface area contributed by atoms with Crippen molar-refractivity contribution in [1.29, 1.82) is 0 Å². The highest BCUT2D eigenvalue weighted by Crippen LogP contribution is 2.27. The van der Waals surface area contributed by atoms with E-state index in [1.807, 2.05) is 0 Å². The van der Waals surface area contributed by atoms with Gasteiger partial charge in [0, 0.05) is 31.3 Å². The number of hydrogen-bond acceptors (Lipinski definition) is 3. The maximum atomic E-state index is 13.7. The number of methoxy groups -OCH3 is 1. The maximum absolute atomic E-state index is 13.7. The molecule has 1 saturated heterocycles. The first kappa shape index (κ1) is 18.3. The third-order valence-electron chi connectivity index (χ3n) is 4.78. The first-order valence-electron chi connectivity index (χ1n) is 8.72. The lowest BCUT2D eigenvalue weighted by atomic mass is 9.95. The van der Waals surface area contributed by atoms with Gasteiger partial charge in [-0.05, 0) is 61.2 Å². The van der Waals surface area contributed by atoms with Crippen molar-refractivity contribution in [1.82, 2.24) is 4.90 Å². The van der Waals surface area contributed by atoms with Crippen molar-refractivity contribution in [2.75, 3.05) is 20.2 Å². The van der Waals surface area contributed by atoms with E-state index in [0.29, 0.717) is 35.3 Å². The van der Waals surface area contributed by atoms with E-state index in [4.69, 9.17) is 4.74 Å². The fourth-order valence-corrected chi connectivity index (χ4v) is 3.38. The van der Waals surface area contributed by atoms with Crippen LogP contribution in [0.2, 0.25) is 0 Å². The Morgan fingerprint density at radius 3 is 2.73 bits per heavy atom. The van der Waals surface area contributed by atoms with Crippen LogP contribution in [0.15, 0.2) is 42.5 Å². The fourth-order valence-electron chi connectivity index (χ4n) is 3.38. The lowest BCUT2D eigenvalue weighted by Gasteiger charge is -2.32. The number of nitrogens with zero attached hydrogens (tertiary/aromatic N) is 1. The zero-order valence-electron chi connectivity index (χ0n) is 15.0. The summed E-state index contributed by atoms with van der Waals surface area (Å²) in [5.74, 6) is -0.634. The normalized spacial score (nSPS) is 17.2. The number of piperidine rings is 1. The molecule has 136 valence electrons. The minimum absolute atomic E-state index is 0.0587. The number of ketones is 1. The molecular formula is C21H22FNO3. The van der Waals surface area contributed by atoms with Crippen molar-refractivity contribution in [3.63, 3.8) is 0 Å². The number of rotatable bonds is 4. The van der Waals surface area contributed by atoms with Crippen LogP contribution < -0.4 is 0 Å². The molecule has 1 aliphatic rings. The second-order valence-corrected chi connectivity index (χ2v) is 6.58. The number of hydrogen-bond donors (Lipinski definition) is 0. The molecule has 0 bridgehead atoms. The molecule has 0 N–H and O–H groups in total. The largest absolute Gasteiger partial charge is 0.380 e. The predicted octanol–water partition coefficient (Wildman–Crippen LogP) is 3.95. The van der Waals surface area contributed by atoms with Gasteiger partial charge in [-0.1, -0.05) is 12.1 Å². The smallest absolute Gasteiger partial charge is 0.253 e. The molecule has 0 aromatic heterocycles. The van der Waals surface area contributed by atoms with E-state index in [1.165, 1.54) is 25.1 Å². The molecule has 4 nitrogen and oxygen atoms in total. The predicted molar refractivity (Wildman–Crippen MR) is 97.8 cm³/mol. The number of carbonyl (C=O) groups is 2. The number of ether oxygens (including phenoxy) is 1. The first-order chi connectivity index (χ1) is 12.5. The number of halogens is 1. The summed E-state index contributed by atoms with van der Waals surface area (Å²) in [5.41, 5.74) is 2.12. The Labute approximate surface area is 152 Å². The minimum atomic E-state index is -0.416. The van der Waals surface area contributed by atoms with Crippen molar-refractivity contribution in [2.45, 2.75) is 25.9 Å². The van der Waals surface area contributed by atoms with Crippen LogP contribution in [0.25, 0.3) is 11.1 Å². The highest BCUT2D eigenvalue weighted by molar-refractivity contribution is 6.02. The lowest BCUT2D eigenvalue weighted by Crippen LogP contribution is -2.42. The van der Waals surface area contributed by atoms with Crippen molar-refractivity contribution in [3.05, 3.63) is 59.4 Å². The number of amides is 1. The van der Waals surface area contributed by atoms with Crippen LogP contribution in [-0.4, -0.2) is 42.9 Å². The van der Waals surface area contributed by atoms with Crippen LogP contribution in [0, 0.1) is 5.82 Å². The highest BCUT2D eigenvalue weighted by atomic mass is 19.1. The summed E-state index contributed by atoms with van der Waals surface area (Å²) in [6.45, 7) is 2.71. The Hall–Kier alpha value is -2.53. The fraction of sp³-hybridized carbons (Fsp3) is 0.333. The summed E-state index contributed by atoms with van der Waals surface area (Å²) in [6, 6.07) is 11.1. The molecule has 2 aromatic rings. The van der Waals surface area contributed by atoms with Gasteiger partial charge >= 0.3 is 0 Å². The second-order valence-electron chi connectivity index (χ2n) is 6.58. The van der Waals surface area contributed by atoms with Gasteiger partial charge in [0.2, 0.25) is 0 Å². The Morgan fingerprint density at radius 1 is 1.19 bits per heavy atom. The number of benzene rings is 2. The van der Waals surface area contributed by atoms with Crippen molar-refractivity contribution >= 4 is 11.7 Å². The van der Waals surface area contributed by atoms with Crippen LogP contribution in [0.3, 0.4) is 0 Å². The molecule has 0 unspecified atom stereocenters. The maximum Gasteiger partial charge on any atom is 0.253 e. The number of Topliss-reactive ketones (excluding diaryl/α,β-unsaturated/α-hetero) is 1. The molecule has 1 amide bonds. The Bertz CT molecular complexity index is 834. The van der Waals surface area contributed by atoms with E-state index in [9.17, 15) is 14.0 Å². The van der Waals surface area contributed by atoms with E-state index in [-0.39, 0.29) is 17.8 Å². The van der Waals surface area contributed by atoms with Gasteiger partial charge in [-0.3, -0.25) is 9.59 Å². The van der Waals surface area contributed by atoms with Gasteiger partial charge in [0.1, 0.15) is 5.82 Å². The average molecular weight is 355 g/mol. The molecule has 1 aliphatic heterocycles. The Morgan fingerprint density at radius 2 is 2.00 bits per heavy atom. The lowest BCUT2D eigenvalue weighted by molar-refractivity contribution is 0.0269. The topological polar surface area (TPSA) is 46.6 Å². The summed E-state index contributed by atoms with van der Waals surface area (Å²) in [5, 5.41) is 0. The van der Waals surface area contributed by atoms with Crippen LogP contribution in [0.4, 0.5) is 4.39 Å². The van der Waals surface area contributed by atoms with E-state index in [2.05, 4.69) is 0 Å². The summed E-state index contributed by atoms with van der Waals surface area (Å²) >= 11 is 0. The van der Waals surface area contributed by atoms with Gasteiger partial charge < -0.3 is 9.64 Å². The summed E-state index contributed by atoms with van der Waals surface area (Å²) in [6.07, 6.45) is 1.91. The van der Waals surface area contributed by atoms with Crippen LogP contribution in [-0.2, 0) is 4.74 Å². The zero-order chi connectivity index (χ0) is 18.7. The third kappa shape index (κ3) is 3.83. The van der Waals surface area contributed by atoms with Crippen molar-refractivity contribution in [2.24, 2.45) is 0 Å². The molecular weight excluding hydrogens is 333 g/mol. The number of carbonyl (C=O) groups excluding carboxylic acids is 2. The van der Waals surface area contributed by atoms with E-state index in [0.717, 1.165) is 12.8 Å². The SMILES string of the molecule is CO[C@@H]1CCCN(C(=O)c2cccc(-c3cc(F)ccc3C(C)=O)c2)C1. The highest BCUT2D eigenvalue weighted by Gasteiger charge is 2.24. The minimum Gasteiger partial charge on any atom is -0.380 e. The van der Waals surface area contributed by atoms with Crippen molar-refractivity contribution in [3.8, 4) is 11.1 Å². The molecule has 1 atom stereocenters. The second kappa shape index (κ2) is 7.79. The van der Waals surface area contributed by atoms with E-state index in [1.54, 1.807) is 36.3 Å². The van der Waals surface area contributed by atoms with E-state index >= 15 is 0 Å². The van der Waals surface area contributed by atoms with Gasteiger partial charge in [-0.2, -0.15) is 0 Å². The monoisotopic (exact) mass is 355 g/mol. The van der Waals surface area contributed by atoms with Crippen LogP contribution in [0.5, 0.6) is 0 Å². The van der Waals surface area contributed by atoms with E-state index < -0.39 is 5.82 Å². The quantitative estimate of drug-likeness (QED) is 0.780. The van der Waals surface area contributed by atoms with Gasteiger partial charge in [-0.25, -0.2) is 4.39 Å². The molecule has 0 saturated carbocycles. The summed E-state index contributed by atoms with van der Waals surface area (Å²) in [4.78, 5) is 26.5. The molecule has 0 radical (unpaired) electrons. The third-order valence-corrected chi connectivity index (χ3v) is 4.78. The van der Waals surface area contributed by atoms with Gasteiger partial charge in [0.25, 0.3) is 5.91 Å². The summed E-state index contributed by atoms with van der Waals surface area (Å²) < 4.78 is 19.1. The Balaban J connectivity index is 1.93. The number of likely N-dealkylation sites (tertiary alicyclic amines) is 1. The zero-order valence-corrected chi connectivity index (χ0v) is 15.0.